The van der Waals surface area contributed by atoms with Gasteiger partial charge in [-0.05, 0) is 58.4 Å². The Morgan fingerprint density at radius 3 is 1.96 bits per heavy atom. The fourth-order valence-corrected chi connectivity index (χ4v) is 3.72. The van der Waals surface area contributed by atoms with Crippen LogP contribution >= 0.6 is 0 Å². The molecule has 0 fully saturated rings. The molecule has 0 N–H and O–H groups in total. The lowest BCUT2D eigenvalue weighted by molar-refractivity contribution is 0.277. The van der Waals surface area contributed by atoms with Gasteiger partial charge in [0, 0.05) is 14.2 Å². The number of rotatable bonds is 2. The van der Waals surface area contributed by atoms with E-state index < -0.39 is 0 Å². The molecule has 140 valence electrons. The summed E-state index contributed by atoms with van der Waals surface area (Å²) >= 11 is 0. The average molecular weight is 351 g/mol. The van der Waals surface area contributed by atoms with Gasteiger partial charge in [-0.15, -0.1) is 0 Å². The zero-order chi connectivity index (χ0) is 19.4. The minimum atomic E-state index is 0.272. The highest BCUT2D eigenvalue weighted by Gasteiger charge is 2.36. The summed E-state index contributed by atoms with van der Waals surface area (Å²) in [6.07, 6.45) is 4.81. The number of ether oxygens (including phenoxy) is 1. The molecule has 3 rings (SSSR count). The topological polar surface area (TPSA) is 9.23 Å². The number of allylic oxidation sites excluding steroid dienone is 1. The molecular formula is C25H34O. The van der Waals surface area contributed by atoms with Crippen molar-refractivity contribution in [2.45, 2.75) is 58.3 Å². The lowest BCUT2D eigenvalue weighted by Gasteiger charge is -2.42. The molecule has 0 spiro atoms. The van der Waals surface area contributed by atoms with Gasteiger partial charge in [-0.3, -0.25) is 0 Å². The normalized spacial score (nSPS) is 17.7. The molecule has 1 aliphatic rings. The van der Waals surface area contributed by atoms with Gasteiger partial charge in [0.15, 0.2) is 0 Å². The van der Waals surface area contributed by atoms with Gasteiger partial charge in [-0.1, -0.05) is 82.3 Å². The first kappa shape index (κ1) is 20.5. The molecule has 2 aromatic rings. The Morgan fingerprint density at radius 2 is 1.38 bits per heavy atom. The Balaban J connectivity index is 0.000000758. The largest absolute Gasteiger partial charge is 0.388 e. The van der Waals surface area contributed by atoms with Gasteiger partial charge in [0.2, 0.25) is 0 Å². The second-order valence-electron chi connectivity index (χ2n) is 8.67. The SMILES string of the molecule is C/C(=C\c1ccccc1)c1ccc2c(c1)C(C)(C)CCC2(C)C.COC. The molecule has 0 radical (unpaired) electrons. The lowest BCUT2D eigenvalue weighted by Crippen LogP contribution is -2.33. The minimum absolute atomic E-state index is 0.272. The van der Waals surface area contributed by atoms with E-state index in [4.69, 9.17) is 0 Å². The van der Waals surface area contributed by atoms with Crippen molar-refractivity contribution in [3.8, 4) is 0 Å². The van der Waals surface area contributed by atoms with E-state index in [1.54, 1.807) is 14.2 Å². The number of fused-ring (bicyclic) bond motifs is 1. The van der Waals surface area contributed by atoms with E-state index in [-0.39, 0.29) is 5.41 Å². The van der Waals surface area contributed by atoms with Crippen LogP contribution in [0.5, 0.6) is 0 Å². The van der Waals surface area contributed by atoms with Crippen LogP contribution in [0.1, 0.15) is 69.7 Å². The Hall–Kier alpha value is -1.86. The molecule has 0 heterocycles. The van der Waals surface area contributed by atoms with Crippen molar-refractivity contribution in [2.75, 3.05) is 14.2 Å². The first-order chi connectivity index (χ1) is 12.2. The molecule has 0 amide bonds. The third-order valence-corrected chi connectivity index (χ3v) is 5.49. The summed E-state index contributed by atoms with van der Waals surface area (Å²) in [7, 11) is 3.25. The number of hydrogen-bond acceptors (Lipinski definition) is 1. The first-order valence-electron chi connectivity index (χ1n) is 9.50. The molecule has 0 saturated heterocycles. The van der Waals surface area contributed by atoms with Gasteiger partial charge in [0.25, 0.3) is 0 Å². The highest BCUT2D eigenvalue weighted by molar-refractivity contribution is 5.80. The summed E-state index contributed by atoms with van der Waals surface area (Å²) in [5, 5.41) is 0. The Kier molecular flexibility index (Phi) is 6.47. The predicted molar refractivity (Wildman–Crippen MR) is 115 cm³/mol. The zero-order valence-electron chi connectivity index (χ0n) is 17.5. The van der Waals surface area contributed by atoms with E-state index in [0.29, 0.717) is 5.41 Å². The lowest BCUT2D eigenvalue weighted by atomic mass is 9.63. The molecule has 1 nitrogen and oxygen atoms in total. The number of hydrogen-bond donors (Lipinski definition) is 0. The van der Waals surface area contributed by atoms with Crippen LogP contribution in [0.25, 0.3) is 11.6 Å². The molecule has 0 unspecified atom stereocenters. The van der Waals surface area contributed by atoms with E-state index in [2.05, 4.69) is 94.0 Å². The van der Waals surface area contributed by atoms with Crippen molar-refractivity contribution in [2.24, 2.45) is 0 Å². The minimum Gasteiger partial charge on any atom is -0.388 e. The van der Waals surface area contributed by atoms with Gasteiger partial charge in [0.1, 0.15) is 0 Å². The maximum Gasteiger partial charge on any atom is 0.0351 e. The van der Waals surface area contributed by atoms with Gasteiger partial charge >= 0.3 is 0 Å². The summed E-state index contributed by atoms with van der Waals surface area (Å²) in [4.78, 5) is 0. The smallest absolute Gasteiger partial charge is 0.0351 e. The Labute approximate surface area is 160 Å². The summed E-state index contributed by atoms with van der Waals surface area (Å²) in [6.45, 7) is 11.8. The van der Waals surface area contributed by atoms with Crippen molar-refractivity contribution >= 4 is 11.6 Å². The highest BCUT2D eigenvalue weighted by atomic mass is 16.4. The zero-order valence-corrected chi connectivity index (χ0v) is 17.5. The third-order valence-electron chi connectivity index (χ3n) is 5.49. The summed E-state index contributed by atoms with van der Waals surface area (Å²) in [5.41, 5.74) is 7.57. The van der Waals surface area contributed by atoms with Crippen molar-refractivity contribution in [1.82, 2.24) is 0 Å². The van der Waals surface area contributed by atoms with Crippen molar-refractivity contribution in [3.05, 3.63) is 70.8 Å². The van der Waals surface area contributed by atoms with E-state index in [9.17, 15) is 0 Å². The molecule has 26 heavy (non-hydrogen) atoms. The fraction of sp³-hybridized carbons (Fsp3) is 0.440. The highest BCUT2D eigenvalue weighted by Crippen LogP contribution is 2.46. The molecule has 1 aliphatic carbocycles. The molecule has 0 atom stereocenters. The second-order valence-corrected chi connectivity index (χ2v) is 8.67. The summed E-state index contributed by atoms with van der Waals surface area (Å²) in [5.74, 6) is 0. The van der Waals surface area contributed by atoms with E-state index >= 15 is 0 Å². The van der Waals surface area contributed by atoms with Crippen molar-refractivity contribution in [1.29, 1.82) is 0 Å². The predicted octanol–water partition coefficient (Wildman–Crippen LogP) is 6.86. The quantitative estimate of drug-likeness (QED) is 0.538. The maximum atomic E-state index is 4.25. The van der Waals surface area contributed by atoms with E-state index in [1.165, 1.54) is 40.7 Å². The fourth-order valence-electron chi connectivity index (χ4n) is 3.72. The second kappa shape index (κ2) is 8.22. The van der Waals surface area contributed by atoms with Gasteiger partial charge in [0.05, 0.1) is 0 Å². The average Bonchev–Trinajstić information content (AvgIpc) is 2.60. The van der Waals surface area contributed by atoms with Crippen LogP contribution in [0.4, 0.5) is 0 Å². The van der Waals surface area contributed by atoms with Gasteiger partial charge in [-0.2, -0.15) is 0 Å². The standard InChI is InChI=1S/C23H28.C2H6O/c1-17(15-18-9-7-6-8-10-18)19-11-12-20-21(16-19)23(4,5)14-13-22(20,2)3;1-3-2/h6-12,15-16H,13-14H2,1-5H3;1-2H3/b17-15+;. The van der Waals surface area contributed by atoms with Crippen LogP contribution in [-0.4, -0.2) is 14.2 Å². The molecule has 0 aromatic heterocycles. The van der Waals surface area contributed by atoms with Crippen LogP contribution in [0, 0.1) is 0 Å². The molecule has 0 saturated carbocycles. The Morgan fingerprint density at radius 1 is 0.846 bits per heavy atom. The van der Waals surface area contributed by atoms with Crippen LogP contribution in [0.2, 0.25) is 0 Å². The first-order valence-corrected chi connectivity index (χ1v) is 9.50. The number of methoxy groups -OCH3 is 1. The van der Waals surface area contributed by atoms with Gasteiger partial charge in [-0.25, -0.2) is 0 Å². The van der Waals surface area contributed by atoms with Crippen LogP contribution in [0.3, 0.4) is 0 Å². The van der Waals surface area contributed by atoms with Crippen molar-refractivity contribution < 1.29 is 4.74 Å². The summed E-state index contributed by atoms with van der Waals surface area (Å²) in [6, 6.07) is 17.7. The molecule has 0 aliphatic heterocycles. The molecule has 2 aromatic carbocycles. The Bertz CT molecular complexity index is 751. The van der Waals surface area contributed by atoms with Gasteiger partial charge < -0.3 is 4.74 Å². The molecule has 1 heteroatoms. The monoisotopic (exact) mass is 350 g/mol. The van der Waals surface area contributed by atoms with Crippen LogP contribution < -0.4 is 0 Å². The molecular weight excluding hydrogens is 316 g/mol. The van der Waals surface area contributed by atoms with Crippen molar-refractivity contribution in [3.63, 3.8) is 0 Å². The maximum absolute atomic E-state index is 4.25. The van der Waals surface area contributed by atoms with Crippen LogP contribution in [-0.2, 0) is 15.6 Å². The number of benzene rings is 2. The van der Waals surface area contributed by atoms with E-state index in [1.807, 2.05) is 0 Å². The van der Waals surface area contributed by atoms with E-state index in [0.717, 1.165) is 0 Å². The van der Waals surface area contributed by atoms with Crippen LogP contribution in [0.15, 0.2) is 48.5 Å². The molecule has 0 bridgehead atoms. The summed E-state index contributed by atoms with van der Waals surface area (Å²) < 4.78 is 4.25. The third kappa shape index (κ3) is 4.65.